The van der Waals surface area contributed by atoms with Crippen LogP contribution in [0.5, 0.6) is 0 Å². The van der Waals surface area contributed by atoms with E-state index in [1.807, 2.05) is 26.1 Å². The van der Waals surface area contributed by atoms with Crippen molar-refractivity contribution < 1.29 is 9.90 Å². The highest BCUT2D eigenvalue weighted by Gasteiger charge is 2.02. The zero-order valence-corrected chi connectivity index (χ0v) is 12.7. The minimum Gasteiger partial charge on any atom is -0.478 e. The fourth-order valence-corrected chi connectivity index (χ4v) is 1.50. The van der Waals surface area contributed by atoms with Crippen LogP contribution < -0.4 is 0 Å². The summed E-state index contributed by atoms with van der Waals surface area (Å²) in [7, 11) is 0. The van der Waals surface area contributed by atoms with Crippen molar-refractivity contribution in [1.29, 1.82) is 0 Å². The van der Waals surface area contributed by atoms with Crippen molar-refractivity contribution in [2.75, 3.05) is 0 Å². The number of aromatic amines is 1. The van der Waals surface area contributed by atoms with Crippen LogP contribution in [0.1, 0.15) is 48.8 Å². The monoisotopic (exact) mass is 276 g/mol. The molecule has 2 N–H and O–H groups in total. The molecule has 1 heterocycles. The maximum atomic E-state index is 10.4. The molecule has 2 rings (SSSR count). The van der Waals surface area contributed by atoms with Gasteiger partial charge in [0.1, 0.15) is 0 Å². The Morgan fingerprint density at radius 2 is 1.95 bits per heavy atom. The molecule has 1 aromatic carbocycles. The molecule has 0 aliphatic heterocycles. The zero-order chi connectivity index (χ0) is 15.4. The Kier molecular flexibility index (Phi) is 9.66. The molecular weight excluding hydrogens is 252 g/mol. The van der Waals surface area contributed by atoms with Crippen LogP contribution in [0.15, 0.2) is 36.8 Å². The number of H-pyrrole nitrogens is 1. The molecular formula is C16H24N2O2. The van der Waals surface area contributed by atoms with E-state index in [2.05, 4.69) is 16.9 Å². The van der Waals surface area contributed by atoms with Crippen LogP contribution in [0.25, 0.3) is 0 Å². The minimum absolute atomic E-state index is 0.377. The van der Waals surface area contributed by atoms with Gasteiger partial charge in [-0.05, 0) is 25.0 Å². The second-order valence-electron chi connectivity index (χ2n) is 3.95. The highest BCUT2D eigenvalue weighted by molar-refractivity contribution is 5.89. The Morgan fingerprint density at radius 3 is 2.35 bits per heavy atom. The number of benzene rings is 1. The van der Waals surface area contributed by atoms with Crippen molar-refractivity contribution in [3.63, 3.8) is 0 Å². The maximum Gasteiger partial charge on any atom is 0.335 e. The minimum atomic E-state index is -0.863. The van der Waals surface area contributed by atoms with Crippen molar-refractivity contribution in [3.05, 3.63) is 53.6 Å². The predicted molar refractivity (Wildman–Crippen MR) is 82.1 cm³/mol. The first-order chi connectivity index (χ1) is 9.65. The molecule has 0 saturated carbocycles. The van der Waals surface area contributed by atoms with E-state index >= 15 is 0 Å². The summed E-state index contributed by atoms with van der Waals surface area (Å²) < 4.78 is 0. The van der Waals surface area contributed by atoms with Gasteiger partial charge in [-0.15, -0.1) is 0 Å². The van der Waals surface area contributed by atoms with Gasteiger partial charge in [-0.25, -0.2) is 9.78 Å². The zero-order valence-electron chi connectivity index (χ0n) is 12.7. The Morgan fingerprint density at radius 1 is 1.30 bits per heavy atom. The third-order valence-corrected chi connectivity index (χ3v) is 2.45. The van der Waals surface area contributed by atoms with Crippen LogP contribution in [0.4, 0.5) is 0 Å². The van der Waals surface area contributed by atoms with Gasteiger partial charge in [0.05, 0.1) is 11.9 Å². The quantitative estimate of drug-likeness (QED) is 0.887. The predicted octanol–water partition coefficient (Wildman–Crippen LogP) is 4.08. The number of carboxylic acid groups (broad SMARTS) is 1. The van der Waals surface area contributed by atoms with Crippen molar-refractivity contribution >= 4 is 5.97 Å². The third-order valence-electron chi connectivity index (χ3n) is 2.45. The second-order valence-corrected chi connectivity index (χ2v) is 3.95. The standard InChI is InChI=1S/C8H8O2.C6H10N2.C2H6/c1-6-4-2-3-5-7(6)8(9)10;1-2-3-6-4-7-5-8-6;1-2/h2-5H,1H3,(H,9,10);4-5H,2-3H2,1H3,(H,7,8);1-2H3. The molecule has 0 amide bonds. The van der Waals surface area contributed by atoms with Crippen molar-refractivity contribution in [3.8, 4) is 0 Å². The summed E-state index contributed by atoms with van der Waals surface area (Å²) in [5.41, 5.74) is 2.41. The molecule has 110 valence electrons. The summed E-state index contributed by atoms with van der Waals surface area (Å²) in [6.07, 6.45) is 5.87. The largest absolute Gasteiger partial charge is 0.478 e. The number of nitrogens with zero attached hydrogens (tertiary/aromatic N) is 1. The lowest BCUT2D eigenvalue weighted by Gasteiger charge is -1.96. The van der Waals surface area contributed by atoms with Crippen molar-refractivity contribution in [1.82, 2.24) is 9.97 Å². The summed E-state index contributed by atoms with van der Waals surface area (Å²) in [5.74, 6) is -0.863. The van der Waals surface area contributed by atoms with E-state index in [0.717, 1.165) is 12.0 Å². The van der Waals surface area contributed by atoms with E-state index in [1.54, 1.807) is 31.5 Å². The first kappa shape index (κ1) is 17.9. The van der Waals surface area contributed by atoms with Crippen LogP contribution >= 0.6 is 0 Å². The highest BCUT2D eigenvalue weighted by Crippen LogP contribution is 2.05. The number of rotatable bonds is 3. The fourth-order valence-electron chi connectivity index (χ4n) is 1.50. The van der Waals surface area contributed by atoms with Gasteiger partial charge < -0.3 is 10.1 Å². The maximum absolute atomic E-state index is 10.4. The smallest absolute Gasteiger partial charge is 0.335 e. The average Bonchev–Trinajstić information content (AvgIpc) is 2.95. The average molecular weight is 276 g/mol. The number of aryl methyl sites for hydroxylation is 2. The summed E-state index contributed by atoms with van der Waals surface area (Å²) in [6.45, 7) is 7.93. The molecule has 0 radical (unpaired) electrons. The number of hydrogen-bond acceptors (Lipinski definition) is 2. The lowest BCUT2D eigenvalue weighted by molar-refractivity contribution is 0.0696. The van der Waals surface area contributed by atoms with E-state index in [1.165, 1.54) is 12.1 Å². The van der Waals surface area contributed by atoms with Gasteiger partial charge in [-0.1, -0.05) is 45.4 Å². The molecule has 0 aliphatic carbocycles. The Hall–Kier alpha value is -2.10. The van der Waals surface area contributed by atoms with Crippen LogP contribution in [0, 0.1) is 6.92 Å². The number of aromatic nitrogens is 2. The molecule has 4 heteroatoms. The number of carbonyl (C=O) groups is 1. The van der Waals surface area contributed by atoms with Crippen LogP contribution in [0.2, 0.25) is 0 Å². The molecule has 20 heavy (non-hydrogen) atoms. The van der Waals surface area contributed by atoms with E-state index in [-0.39, 0.29) is 0 Å². The lowest BCUT2D eigenvalue weighted by atomic mass is 10.1. The Bertz CT molecular complexity index is 479. The van der Waals surface area contributed by atoms with Crippen LogP contribution in [-0.4, -0.2) is 21.0 Å². The number of nitrogens with one attached hydrogen (secondary N) is 1. The topological polar surface area (TPSA) is 66.0 Å². The van der Waals surface area contributed by atoms with E-state index < -0.39 is 5.97 Å². The first-order valence-corrected chi connectivity index (χ1v) is 6.91. The molecule has 1 aromatic heterocycles. The van der Waals surface area contributed by atoms with Crippen molar-refractivity contribution in [2.45, 2.75) is 40.5 Å². The SMILES string of the molecule is CC.CCCc1cnc[nH]1.Cc1ccccc1C(=O)O. The molecule has 0 spiro atoms. The van der Waals surface area contributed by atoms with E-state index in [9.17, 15) is 4.79 Å². The van der Waals surface area contributed by atoms with Crippen LogP contribution in [-0.2, 0) is 6.42 Å². The Labute approximate surface area is 120 Å². The number of imidazole rings is 1. The summed E-state index contributed by atoms with van der Waals surface area (Å²) >= 11 is 0. The van der Waals surface area contributed by atoms with Gasteiger partial charge in [0, 0.05) is 11.9 Å². The number of carboxylic acids is 1. The van der Waals surface area contributed by atoms with Gasteiger partial charge in [0.2, 0.25) is 0 Å². The molecule has 0 bridgehead atoms. The molecule has 4 nitrogen and oxygen atoms in total. The molecule has 0 saturated heterocycles. The first-order valence-electron chi connectivity index (χ1n) is 6.91. The van der Waals surface area contributed by atoms with E-state index in [4.69, 9.17) is 5.11 Å². The molecule has 0 unspecified atom stereocenters. The molecule has 0 aliphatic rings. The van der Waals surface area contributed by atoms with Gasteiger partial charge in [-0.2, -0.15) is 0 Å². The van der Waals surface area contributed by atoms with Gasteiger partial charge in [0.25, 0.3) is 0 Å². The van der Waals surface area contributed by atoms with Crippen LogP contribution in [0.3, 0.4) is 0 Å². The van der Waals surface area contributed by atoms with Gasteiger partial charge >= 0.3 is 5.97 Å². The van der Waals surface area contributed by atoms with E-state index in [0.29, 0.717) is 5.56 Å². The molecule has 2 aromatic rings. The van der Waals surface area contributed by atoms with Gasteiger partial charge in [0.15, 0.2) is 0 Å². The fraction of sp³-hybridized carbons (Fsp3) is 0.375. The highest BCUT2D eigenvalue weighted by atomic mass is 16.4. The molecule has 0 fully saturated rings. The van der Waals surface area contributed by atoms with Gasteiger partial charge in [-0.3, -0.25) is 0 Å². The number of aromatic carboxylic acids is 1. The van der Waals surface area contributed by atoms with Crippen molar-refractivity contribution in [2.24, 2.45) is 0 Å². The number of hydrogen-bond donors (Lipinski definition) is 2. The lowest BCUT2D eigenvalue weighted by Crippen LogP contribution is -1.97. The summed E-state index contributed by atoms with van der Waals surface area (Å²) in [4.78, 5) is 17.3. The molecule has 0 atom stereocenters. The summed E-state index contributed by atoms with van der Waals surface area (Å²) in [6, 6.07) is 6.92. The third kappa shape index (κ3) is 6.73. The Balaban J connectivity index is 0.000000327. The second kappa shape index (κ2) is 10.8. The summed E-state index contributed by atoms with van der Waals surface area (Å²) in [5, 5.41) is 8.57. The normalized spacial score (nSPS) is 8.80.